The van der Waals surface area contributed by atoms with Gasteiger partial charge in [-0.3, -0.25) is 4.98 Å². The van der Waals surface area contributed by atoms with Crippen molar-refractivity contribution in [2.45, 2.75) is 45.0 Å². The largest absolute Gasteiger partial charge is 0.492 e. The summed E-state index contributed by atoms with van der Waals surface area (Å²) in [6.07, 6.45) is 8.83. The lowest BCUT2D eigenvalue weighted by molar-refractivity contribution is 0.145. The molecule has 1 unspecified atom stereocenters. The van der Waals surface area contributed by atoms with Crippen molar-refractivity contribution in [1.82, 2.24) is 19.9 Å². The van der Waals surface area contributed by atoms with E-state index in [0.29, 0.717) is 19.1 Å². The van der Waals surface area contributed by atoms with Crippen molar-refractivity contribution in [3.05, 3.63) is 42.7 Å². The molecule has 1 fully saturated rings. The molecule has 23 heavy (non-hydrogen) atoms. The maximum Gasteiger partial charge on any atom is 0.137 e. The normalized spacial score (nSPS) is 24.0. The Morgan fingerprint density at radius 3 is 3.00 bits per heavy atom. The van der Waals surface area contributed by atoms with Gasteiger partial charge < -0.3 is 19.7 Å². The van der Waals surface area contributed by atoms with Crippen LogP contribution in [0.4, 0.5) is 0 Å². The zero-order valence-electron chi connectivity index (χ0n) is 13.4. The maximum atomic E-state index is 10.3. The summed E-state index contributed by atoms with van der Waals surface area (Å²) in [5.74, 6) is 1.27. The second-order valence-electron chi connectivity index (χ2n) is 6.07. The van der Waals surface area contributed by atoms with Crippen LogP contribution in [0.5, 0.6) is 5.75 Å². The van der Waals surface area contributed by atoms with Crippen LogP contribution in [0.25, 0.3) is 0 Å². The number of hydrogen-bond donors (Lipinski definition) is 2. The minimum absolute atomic E-state index is 0.122. The highest BCUT2D eigenvalue weighted by atomic mass is 16.5. The van der Waals surface area contributed by atoms with Gasteiger partial charge in [-0.25, -0.2) is 4.98 Å². The van der Waals surface area contributed by atoms with Gasteiger partial charge in [-0.1, -0.05) is 0 Å². The first-order chi connectivity index (χ1) is 11.2. The third-order valence-corrected chi connectivity index (χ3v) is 4.31. The molecule has 1 saturated carbocycles. The molecule has 2 aromatic heterocycles. The van der Waals surface area contributed by atoms with E-state index >= 15 is 0 Å². The van der Waals surface area contributed by atoms with E-state index in [0.717, 1.165) is 30.8 Å². The number of pyridine rings is 1. The third kappa shape index (κ3) is 4.30. The lowest BCUT2D eigenvalue weighted by Gasteiger charge is -2.16. The molecular weight excluding hydrogens is 292 g/mol. The van der Waals surface area contributed by atoms with Gasteiger partial charge in [0, 0.05) is 31.5 Å². The summed E-state index contributed by atoms with van der Waals surface area (Å²) >= 11 is 0. The molecule has 1 aliphatic rings. The van der Waals surface area contributed by atoms with Crippen LogP contribution in [-0.4, -0.2) is 38.4 Å². The van der Waals surface area contributed by atoms with Gasteiger partial charge in [-0.2, -0.15) is 0 Å². The SMILES string of the molecule is CCOc1ccc(CN[C@@H]2CC(Cn3ccnc3)C[C@H]2O)nc1. The Morgan fingerprint density at radius 2 is 2.30 bits per heavy atom. The van der Waals surface area contributed by atoms with E-state index in [1.54, 1.807) is 12.4 Å². The number of nitrogens with zero attached hydrogens (tertiary/aromatic N) is 3. The van der Waals surface area contributed by atoms with Gasteiger partial charge in [-0.15, -0.1) is 0 Å². The van der Waals surface area contributed by atoms with Crippen LogP contribution in [0.3, 0.4) is 0 Å². The van der Waals surface area contributed by atoms with Crippen LogP contribution in [0.15, 0.2) is 37.1 Å². The van der Waals surface area contributed by atoms with Crippen LogP contribution in [0.1, 0.15) is 25.5 Å². The fourth-order valence-corrected chi connectivity index (χ4v) is 3.18. The zero-order valence-corrected chi connectivity index (χ0v) is 13.4. The van der Waals surface area contributed by atoms with Crippen molar-refractivity contribution >= 4 is 0 Å². The molecule has 2 heterocycles. The van der Waals surface area contributed by atoms with Crippen molar-refractivity contribution in [1.29, 1.82) is 0 Å². The predicted octanol–water partition coefficient (Wildman–Crippen LogP) is 1.61. The van der Waals surface area contributed by atoms with Gasteiger partial charge in [-0.05, 0) is 37.8 Å². The Kier molecular flexibility index (Phi) is 5.25. The Labute approximate surface area is 136 Å². The van der Waals surface area contributed by atoms with Crippen LogP contribution < -0.4 is 10.1 Å². The van der Waals surface area contributed by atoms with Gasteiger partial charge in [0.05, 0.1) is 30.9 Å². The van der Waals surface area contributed by atoms with Crippen LogP contribution in [0.2, 0.25) is 0 Å². The summed E-state index contributed by atoms with van der Waals surface area (Å²) in [4.78, 5) is 8.45. The van der Waals surface area contributed by atoms with Crippen molar-refractivity contribution in [3.8, 4) is 5.75 Å². The van der Waals surface area contributed by atoms with Crippen molar-refractivity contribution in [3.63, 3.8) is 0 Å². The van der Waals surface area contributed by atoms with Crippen molar-refractivity contribution in [2.24, 2.45) is 5.92 Å². The molecule has 0 aliphatic heterocycles. The van der Waals surface area contributed by atoms with E-state index in [9.17, 15) is 5.11 Å². The lowest BCUT2D eigenvalue weighted by atomic mass is 10.1. The molecular formula is C17H24N4O2. The number of nitrogens with one attached hydrogen (secondary N) is 1. The molecule has 2 N–H and O–H groups in total. The fourth-order valence-electron chi connectivity index (χ4n) is 3.18. The van der Waals surface area contributed by atoms with E-state index in [4.69, 9.17) is 4.74 Å². The predicted molar refractivity (Wildman–Crippen MR) is 87.0 cm³/mol. The number of aliphatic hydroxyl groups excluding tert-OH is 1. The van der Waals surface area contributed by atoms with Crippen molar-refractivity contribution < 1.29 is 9.84 Å². The van der Waals surface area contributed by atoms with Crippen LogP contribution in [-0.2, 0) is 13.1 Å². The molecule has 0 bridgehead atoms. The summed E-state index contributed by atoms with van der Waals surface area (Å²) < 4.78 is 7.47. The molecule has 0 saturated heterocycles. The summed E-state index contributed by atoms with van der Waals surface area (Å²) in [5.41, 5.74) is 0.957. The highest BCUT2D eigenvalue weighted by Crippen LogP contribution is 2.27. The van der Waals surface area contributed by atoms with E-state index in [2.05, 4.69) is 19.9 Å². The summed E-state index contributed by atoms with van der Waals surface area (Å²) in [6, 6.07) is 4.01. The number of aromatic nitrogens is 3. The molecule has 3 atom stereocenters. The second-order valence-corrected chi connectivity index (χ2v) is 6.07. The van der Waals surface area contributed by atoms with Crippen LogP contribution in [0, 0.1) is 5.92 Å². The van der Waals surface area contributed by atoms with Crippen LogP contribution >= 0.6 is 0 Å². The molecule has 1 aliphatic carbocycles. The Hall–Kier alpha value is -1.92. The van der Waals surface area contributed by atoms with Crippen molar-refractivity contribution in [2.75, 3.05) is 6.61 Å². The minimum atomic E-state index is -0.300. The molecule has 124 valence electrons. The summed E-state index contributed by atoms with van der Waals surface area (Å²) in [6.45, 7) is 4.17. The Balaban J connectivity index is 1.48. The standard InChI is InChI=1S/C17H24N4O2/c1-2-23-15-4-3-14(19-10-15)9-20-16-7-13(8-17(16)22)11-21-6-5-18-12-21/h3-6,10,12-13,16-17,20,22H,2,7-9,11H2,1H3/t13?,16-,17-/m1/s1. The molecule has 2 aromatic rings. The topological polar surface area (TPSA) is 72.2 Å². The first-order valence-electron chi connectivity index (χ1n) is 8.19. The number of imidazole rings is 1. The van der Waals surface area contributed by atoms with Gasteiger partial charge >= 0.3 is 0 Å². The lowest BCUT2D eigenvalue weighted by Crippen LogP contribution is -2.35. The average molecular weight is 316 g/mol. The fraction of sp³-hybridized carbons (Fsp3) is 0.529. The molecule has 6 heteroatoms. The van der Waals surface area contributed by atoms with E-state index in [1.807, 2.05) is 31.6 Å². The Morgan fingerprint density at radius 1 is 1.39 bits per heavy atom. The highest BCUT2D eigenvalue weighted by Gasteiger charge is 2.32. The van der Waals surface area contributed by atoms with Gasteiger partial charge in [0.2, 0.25) is 0 Å². The van der Waals surface area contributed by atoms with E-state index in [1.165, 1.54) is 0 Å². The molecule has 6 nitrogen and oxygen atoms in total. The average Bonchev–Trinajstić information content (AvgIpc) is 3.17. The molecule has 0 spiro atoms. The summed E-state index contributed by atoms with van der Waals surface area (Å²) in [7, 11) is 0. The molecule has 0 amide bonds. The molecule has 3 rings (SSSR count). The van der Waals surface area contributed by atoms with E-state index < -0.39 is 0 Å². The number of ether oxygens (including phenoxy) is 1. The number of hydrogen-bond acceptors (Lipinski definition) is 5. The van der Waals surface area contributed by atoms with Gasteiger partial charge in [0.15, 0.2) is 0 Å². The second kappa shape index (κ2) is 7.57. The molecule has 0 radical (unpaired) electrons. The highest BCUT2D eigenvalue weighted by molar-refractivity contribution is 5.19. The summed E-state index contributed by atoms with van der Waals surface area (Å²) in [5, 5.41) is 13.7. The first kappa shape index (κ1) is 16.0. The maximum absolute atomic E-state index is 10.3. The van der Waals surface area contributed by atoms with E-state index in [-0.39, 0.29) is 12.1 Å². The minimum Gasteiger partial charge on any atom is -0.492 e. The Bertz CT molecular complexity index is 585. The number of rotatable bonds is 7. The molecule has 0 aromatic carbocycles. The quantitative estimate of drug-likeness (QED) is 0.812. The number of aliphatic hydroxyl groups is 1. The van der Waals surface area contributed by atoms with Gasteiger partial charge in [0.25, 0.3) is 0 Å². The smallest absolute Gasteiger partial charge is 0.137 e. The monoisotopic (exact) mass is 316 g/mol. The third-order valence-electron chi connectivity index (χ3n) is 4.31. The van der Waals surface area contributed by atoms with Gasteiger partial charge in [0.1, 0.15) is 5.75 Å². The first-order valence-corrected chi connectivity index (χ1v) is 8.19. The zero-order chi connectivity index (χ0) is 16.1.